The normalized spacial score (nSPS) is 24.6. The van der Waals surface area contributed by atoms with Crippen LogP contribution in [0.2, 0.25) is 0 Å². The molecule has 0 saturated heterocycles. The van der Waals surface area contributed by atoms with Crippen molar-refractivity contribution >= 4 is 17.4 Å². The molecule has 0 aromatic carbocycles. The standard InChI is InChI=1S/C13H19ClN2/c1-10-5-6-13(15-8-10)16-9-12-4-2-3-11(12)7-14/h5-6,8,11-12H,2-4,7,9H2,1H3,(H,15,16). The van der Waals surface area contributed by atoms with Crippen LogP contribution in [0.25, 0.3) is 0 Å². The van der Waals surface area contributed by atoms with Gasteiger partial charge in [0.1, 0.15) is 5.82 Å². The number of aryl methyl sites for hydroxylation is 1. The van der Waals surface area contributed by atoms with Crippen molar-refractivity contribution in [2.45, 2.75) is 26.2 Å². The van der Waals surface area contributed by atoms with Crippen LogP contribution in [0.3, 0.4) is 0 Å². The number of pyridine rings is 1. The molecular weight excluding hydrogens is 220 g/mol. The largest absolute Gasteiger partial charge is 0.370 e. The molecule has 1 aromatic rings. The van der Waals surface area contributed by atoms with Crippen molar-refractivity contribution < 1.29 is 0 Å². The van der Waals surface area contributed by atoms with Crippen molar-refractivity contribution in [1.82, 2.24) is 4.98 Å². The number of halogens is 1. The molecular formula is C13H19ClN2. The number of nitrogens with one attached hydrogen (secondary N) is 1. The van der Waals surface area contributed by atoms with E-state index in [9.17, 15) is 0 Å². The Balaban J connectivity index is 1.85. The maximum Gasteiger partial charge on any atom is 0.125 e. The fourth-order valence-corrected chi connectivity index (χ4v) is 2.80. The van der Waals surface area contributed by atoms with Gasteiger partial charge < -0.3 is 5.32 Å². The van der Waals surface area contributed by atoms with E-state index in [4.69, 9.17) is 11.6 Å². The molecule has 0 amide bonds. The maximum absolute atomic E-state index is 5.96. The second kappa shape index (κ2) is 5.53. The van der Waals surface area contributed by atoms with Gasteiger partial charge in [0.05, 0.1) is 0 Å². The highest BCUT2D eigenvalue weighted by atomic mass is 35.5. The summed E-state index contributed by atoms with van der Waals surface area (Å²) in [7, 11) is 0. The Hall–Kier alpha value is -0.760. The zero-order valence-corrected chi connectivity index (χ0v) is 10.5. The highest BCUT2D eigenvalue weighted by Gasteiger charge is 2.25. The third-order valence-electron chi connectivity index (χ3n) is 3.47. The summed E-state index contributed by atoms with van der Waals surface area (Å²) in [6.45, 7) is 3.06. The fraction of sp³-hybridized carbons (Fsp3) is 0.615. The molecule has 2 nitrogen and oxygen atoms in total. The molecule has 1 saturated carbocycles. The van der Waals surface area contributed by atoms with Gasteiger partial charge in [-0.15, -0.1) is 11.6 Å². The van der Waals surface area contributed by atoms with Crippen LogP contribution in [0.5, 0.6) is 0 Å². The van der Waals surface area contributed by atoms with Gasteiger partial charge in [0.15, 0.2) is 0 Å². The van der Waals surface area contributed by atoms with E-state index < -0.39 is 0 Å². The number of nitrogens with zero attached hydrogens (tertiary/aromatic N) is 1. The van der Waals surface area contributed by atoms with Gasteiger partial charge in [-0.1, -0.05) is 12.5 Å². The third kappa shape index (κ3) is 2.88. The second-order valence-electron chi connectivity index (χ2n) is 4.71. The van der Waals surface area contributed by atoms with Crippen molar-refractivity contribution in [2.75, 3.05) is 17.7 Å². The minimum Gasteiger partial charge on any atom is -0.370 e. The molecule has 16 heavy (non-hydrogen) atoms. The number of hydrogen-bond acceptors (Lipinski definition) is 2. The lowest BCUT2D eigenvalue weighted by Gasteiger charge is -2.17. The molecule has 2 atom stereocenters. The highest BCUT2D eigenvalue weighted by molar-refractivity contribution is 6.18. The van der Waals surface area contributed by atoms with Crippen LogP contribution < -0.4 is 5.32 Å². The average Bonchev–Trinajstić information content (AvgIpc) is 2.76. The first kappa shape index (κ1) is 11.7. The summed E-state index contributed by atoms with van der Waals surface area (Å²) in [6, 6.07) is 4.13. The zero-order valence-electron chi connectivity index (χ0n) is 9.75. The summed E-state index contributed by atoms with van der Waals surface area (Å²) in [5, 5.41) is 3.41. The lowest BCUT2D eigenvalue weighted by atomic mass is 9.98. The van der Waals surface area contributed by atoms with Gasteiger partial charge in [0.2, 0.25) is 0 Å². The van der Waals surface area contributed by atoms with Crippen molar-refractivity contribution in [3.8, 4) is 0 Å². The summed E-state index contributed by atoms with van der Waals surface area (Å²) in [5.74, 6) is 3.19. The number of alkyl halides is 1. The summed E-state index contributed by atoms with van der Waals surface area (Å²) in [4.78, 5) is 4.35. The van der Waals surface area contributed by atoms with E-state index >= 15 is 0 Å². The Morgan fingerprint density at radius 3 is 2.88 bits per heavy atom. The summed E-state index contributed by atoms with van der Waals surface area (Å²) >= 11 is 5.96. The van der Waals surface area contributed by atoms with E-state index in [0.717, 1.165) is 24.2 Å². The van der Waals surface area contributed by atoms with Crippen molar-refractivity contribution in [3.05, 3.63) is 23.9 Å². The fourth-order valence-electron chi connectivity index (χ4n) is 2.39. The van der Waals surface area contributed by atoms with Gasteiger partial charge >= 0.3 is 0 Å². The molecule has 2 rings (SSSR count). The van der Waals surface area contributed by atoms with E-state index in [-0.39, 0.29) is 0 Å². The van der Waals surface area contributed by atoms with Crippen LogP contribution in [0.1, 0.15) is 24.8 Å². The number of hydrogen-bond donors (Lipinski definition) is 1. The Labute approximate surface area is 102 Å². The van der Waals surface area contributed by atoms with Gasteiger partial charge in [-0.3, -0.25) is 0 Å². The molecule has 0 bridgehead atoms. The summed E-state index contributed by atoms with van der Waals surface area (Å²) < 4.78 is 0. The number of rotatable bonds is 4. The van der Waals surface area contributed by atoms with E-state index in [1.807, 2.05) is 12.3 Å². The summed E-state index contributed by atoms with van der Waals surface area (Å²) in [5.41, 5.74) is 1.20. The first-order valence-electron chi connectivity index (χ1n) is 6.02. The predicted octanol–water partition coefficient (Wildman–Crippen LogP) is 3.46. The van der Waals surface area contributed by atoms with Crippen molar-refractivity contribution in [3.63, 3.8) is 0 Å². The van der Waals surface area contributed by atoms with E-state index in [1.165, 1.54) is 24.8 Å². The Kier molecular flexibility index (Phi) is 4.05. The third-order valence-corrected chi connectivity index (χ3v) is 3.87. The quantitative estimate of drug-likeness (QED) is 0.813. The van der Waals surface area contributed by atoms with Gasteiger partial charge in [-0.2, -0.15) is 0 Å². The number of anilines is 1. The molecule has 88 valence electrons. The van der Waals surface area contributed by atoms with Crippen LogP contribution in [0, 0.1) is 18.8 Å². The molecule has 3 heteroatoms. The average molecular weight is 239 g/mol. The lowest BCUT2D eigenvalue weighted by molar-refractivity contribution is 0.444. The molecule has 1 fully saturated rings. The minimum absolute atomic E-state index is 0.694. The van der Waals surface area contributed by atoms with E-state index in [2.05, 4.69) is 23.3 Å². The monoisotopic (exact) mass is 238 g/mol. The smallest absolute Gasteiger partial charge is 0.125 e. The highest BCUT2D eigenvalue weighted by Crippen LogP contribution is 2.32. The Bertz CT molecular complexity index is 323. The van der Waals surface area contributed by atoms with E-state index in [1.54, 1.807) is 0 Å². The van der Waals surface area contributed by atoms with Gasteiger partial charge in [0, 0.05) is 18.6 Å². The van der Waals surface area contributed by atoms with Gasteiger partial charge in [-0.25, -0.2) is 4.98 Å². The maximum atomic E-state index is 5.96. The topological polar surface area (TPSA) is 24.9 Å². The molecule has 0 spiro atoms. The first-order valence-corrected chi connectivity index (χ1v) is 6.55. The second-order valence-corrected chi connectivity index (χ2v) is 5.02. The zero-order chi connectivity index (χ0) is 11.4. The molecule has 1 aliphatic carbocycles. The number of aromatic nitrogens is 1. The molecule has 0 radical (unpaired) electrons. The Morgan fingerprint density at radius 2 is 2.19 bits per heavy atom. The molecule has 1 N–H and O–H groups in total. The van der Waals surface area contributed by atoms with Crippen LogP contribution in [0.4, 0.5) is 5.82 Å². The van der Waals surface area contributed by atoms with Crippen LogP contribution >= 0.6 is 11.6 Å². The van der Waals surface area contributed by atoms with Gasteiger partial charge in [-0.05, 0) is 43.2 Å². The van der Waals surface area contributed by atoms with Gasteiger partial charge in [0.25, 0.3) is 0 Å². The molecule has 0 aliphatic heterocycles. The molecule has 1 aromatic heterocycles. The minimum atomic E-state index is 0.694. The predicted molar refractivity (Wildman–Crippen MR) is 69.0 cm³/mol. The van der Waals surface area contributed by atoms with Crippen molar-refractivity contribution in [2.24, 2.45) is 11.8 Å². The summed E-state index contributed by atoms with van der Waals surface area (Å²) in [6.07, 6.45) is 5.81. The molecule has 2 unspecified atom stereocenters. The SMILES string of the molecule is Cc1ccc(NCC2CCCC2CCl)nc1. The van der Waals surface area contributed by atoms with E-state index in [0.29, 0.717) is 5.92 Å². The lowest BCUT2D eigenvalue weighted by Crippen LogP contribution is -2.19. The Morgan fingerprint density at radius 1 is 1.38 bits per heavy atom. The van der Waals surface area contributed by atoms with Crippen molar-refractivity contribution in [1.29, 1.82) is 0 Å². The van der Waals surface area contributed by atoms with Crippen LogP contribution in [-0.4, -0.2) is 17.4 Å². The van der Waals surface area contributed by atoms with Crippen LogP contribution in [-0.2, 0) is 0 Å². The van der Waals surface area contributed by atoms with Crippen LogP contribution in [0.15, 0.2) is 18.3 Å². The molecule has 1 heterocycles. The first-order chi connectivity index (χ1) is 7.79. The molecule has 1 aliphatic rings.